The van der Waals surface area contributed by atoms with Crippen molar-refractivity contribution in [2.75, 3.05) is 7.11 Å². The van der Waals surface area contributed by atoms with Crippen molar-refractivity contribution in [1.82, 2.24) is 0 Å². The van der Waals surface area contributed by atoms with Crippen LogP contribution in [-0.2, 0) is 14.9 Å². The second-order valence-electron chi connectivity index (χ2n) is 11.6. The zero-order valence-electron chi connectivity index (χ0n) is 24.9. The highest BCUT2D eigenvalue weighted by Gasteiger charge is 2.53. The van der Waals surface area contributed by atoms with Crippen LogP contribution in [-0.4, -0.2) is 34.9 Å². The van der Waals surface area contributed by atoms with Gasteiger partial charge < -0.3 is 30.2 Å². The summed E-state index contributed by atoms with van der Waals surface area (Å²) in [6.45, 7) is 0. The molecule has 10 nitrogen and oxygen atoms in total. The summed E-state index contributed by atoms with van der Waals surface area (Å²) in [7, 11) is -3.24. The van der Waals surface area contributed by atoms with Gasteiger partial charge in [0.15, 0.2) is 5.60 Å². The average Bonchev–Trinajstić information content (AvgIpc) is 3.30. The number of hydrogen-bond acceptors (Lipinski definition) is 8. The molecule has 0 aromatic heterocycles. The highest BCUT2D eigenvalue weighted by Crippen LogP contribution is 2.57. The van der Waals surface area contributed by atoms with Crippen molar-refractivity contribution in [3.05, 3.63) is 82.9 Å². The van der Waals surface area contributed by atoms with Crippen LogP contribution in [0.15, 0.2) is 60.7 Å². The molecule has 2 aliphatic heterocycles. The van der Waals surface area contributed by atoms with Gasteiger partial charge >= 0.3 is 13.8 Å². The van der Waals surface area contributed by atoms with Crippen LogP contribution in [0.5, 0.6) is 23.0 Å². The van der Waals surface area contributed by atoms with Gasteiger partial charge in [0.2, 0.25) is 0 Å². The molecule has 236 valence electrons. The van der Waals surface area contributed by atoms with Crippen LogP contribution in [0.4, 0.5) is 0 Å². The van der Waals surface area contributed by atoms with Gasteiger partial charge in [-0.1, -0.05) is 56.7 Å². The summed E-state index contributed by atoms with van der Waals surface area (Å²) in [5, 5.41) is 0. The number of hydrogen-bond donors (Lipinski definition) is 4. The Hall–Kier alpha value is -3.40. The van der Waals surface area contributed by atoms with Crippen molar-refractivity contribution < 1.29 is 37.9 Å². The number of carbonyl (C=O) groups excluding carboxylic acids is 1. The average molecular weight is 625 g/mol. The van der Waals surface area contributed by atoms with Crippen LogP contribution >= 0.6 is 7.82 Å². The second-order valence-corrected chi connectivity index (χ2v) is 12.8. The molecule has 2 aliphatic carbocycles. The van der Waals surface area contributed by atoms with Crippen molar-refractivity contribution in [3.63, 3.8) is 0 Å². The molecule has 1 spiro atoms. The molecule has 4 aliphatic rings. The van der Waals surface area contributed by atoms with Gasteiger partial charge in [0.1, 0.15) is 23.0 Å². The molecule has 3 aromatic rings. The normalized spacial score (nSPS) is 20.8. The molecule has 0 saturated heterocycles. The highest BCUT2D eigenvalue weighted by atomic mass is 31.2. The molecular weight excluding hydrogens is 583 g/mol. The lowest BCUT2D eigenvalue weighted by Crippen LogP contribution is -2.33. The van der Waals surface area contributed by atoms with Crippen molar-refractivity contribution in [3.8, 4) is 23.0 Å². The predicted molar refractivity (Wildman–Crippen MR) is 166 cm³/mol. The van der Waals surface area contributed by atoms with Crippen LogP contribution in [0.25, 0.3) is 0 Å². The smallest absolute Gasteiger partial charge is 0.497 e. The van der Waals surface area contributed by atoms with E-state index in [4.69, 9.17) is 40.0 Å². The molecule has 1 atom stereocenters. The summed E-state index contributed by atoms with van der Waals surface area (Å²) in [5.74, 6) is 0.607. The maximum absolute atomic E-state index is 12.7. The first-order chi connectivity index (χ1) is 21.1. The van der Waals surface area contributed by atoms with Crippen LogP contribution in [0.3, 0.4) is 0 Å². The molecule has 7 rings (SSSR count). The third-order valence-corrected chi connectivity index (χ3v) is 8.87. The summed E-state index contributed by atoms with van der Waals surface area (Å²) in [5.41, 5.74) is 12.2. The topological polar surface area (TPSA) is 164 Å². The third kappa shape index (κ3) is 7.11. The molecule has 6 N–H and O–H groups in total. The maximum atomic E-state index is 12.7. The summed E-state index contributed by atoms with van der Waals surface area (Å²) in [6, 6.07) is 17.6. The summed E-state index contributed by atoms with van der Waals surface area (Å²) in [6.07, 6.45) is 13.3. The molecular formula is C33H41N2O8P. The van der Waals surface area contributed by atoms with Gasteiger partial charge in [-0.15, -0.1) is 0 Å². The van der Waals surface area contributed by atoms with E-state index < -0.39 is 19.4 Å². The minimum atomic E-state index is -4.76. The first kappa shape index (κ1) is 32.0. The Morgan fingerprint density at radius 3 is 1.80 bits per heavy atom. The molecule has 0 radical (unpaired) electrons. The van der Waals surface area contributed by atoms with Crippen LogP contribution < -0.4 is 25.5 Å². The fourth-order valence-electron chi connectivity index (χ4n) is 6.23. The van der Waals surface area contributed by atoms with Crippen LogP contribution in [0.2, 0.25) is 0 Å². The standard InChI is InChI=1S/C21H15O8P.2C6H13N/c1-26-12-6-8-16-18(10-12)27-19-11-13(29-30(23,24)25)7-9-17(19)21(16)15-5-3-2-4-14(15)20(22)28-21;2*7-6-4-2-1-3-5-6/h2-11H,1H3,(H2,23,24,25);2*6H,1-5,7H2. The highest BCUT2D eigenvalue weighted by molar-refractivity contribution is 7.46. The number of rotatable bonds is 3. The minimum Gasteiger partial charge on any atom is -0.497 e. The second kappa shape index (κ2) is 13.7. The van der Waals surface area contributed by atoms with Gasteiger partial charge in [0, 0.05) is 40.9 Å². The van der Waals surface area contributed by atoms with E-state index in [1.807, 2.05) is 12.1 Å². The lowest BCUT2D eigenvalue weighted by Gasteiger charge is -2.36. The SMILES string of the molecule is COc1ccc2c(c1)Oc1cc(OP(=O)(O)O)ccc1C21OC(=O)c2ccccc21.NC1CCCCC1.NC1CCCCC1. The van der Waals surface area contributed by atoms with Crippen molar-refractivity contribution in [2.24, 2.45) is 11.5 Å². The van der Waals surface area contributed by atoms with E-state index >= 15 is 0 Å². The summed E-state index contributed by atoms with van der Waals surface area (Å²) >= 11 is 0. The van der Waals surface area contributed by atoms with Crippen LogP contribution in [0, 0.1) is 0 Å². The predicted octanol–water partition coefficient (Wildman–Crippen LogP) is 6.29. The Kier molecular flexibility index (Phi) is 9.97. The Morgan fingerprint density at radius 2 is 1.30 bits per heavy atom. The van der Waals surface area contributed by atoms with Gasteiger partial charge in [-0.3, -0.25) is 9.79 Å². The van der Waals surface area contributed by atoms with Crippen molar-refractivity contribution >= 4 is 13.8 Å². The van der Waals surface area contributed by atoms with Gasteiger partial charge in [0.25, 0.3) is 0 Å². The molecule has 11 heteroatoms. The number of carbonyl (C=O) groups is 1. The maximum Gasteiger partial charge on any atom is 0.524 e. The molecule has 2 fully saturated rings. The third-order valence-electron chi connectivity index (χ3n) is 8.42. The monoisotopic (exact) mass is 624 g/mol. The Morgan fingerprint density at radius 1 is 0.773 bits per heavy atom. The zero-order valence-corrected chi connectivity index (χ0v) is 25.8. The van der Waals surface area contributed by atoms with E-state index in [9.17, 15) is 9.36 Å². The van der Waals surface area contributed by atoms with Gasteiger partial charge in [-0.05, 0) is 56.0 Å². The fourth-order valence-corrected chi connectivity index (χ4v) is 6.61. The van der Waals surface area contributed by atoms with E-state index in [2.05, 4.69) is 0 Å². The number of ether oxygens (including phenoxy) is 3. The Labute approximate surface area is 257 Å². The van der Waals surface area contributed by atoms with E-state index in [0.29, 0.717) is 45.8 Å². The summed E-state index contributed by atoms with van der Waals surface area (Å²) in [4.78, 5) is 31.0. The number of phosphoric acid groups is 1. The molecule has 0 bridgehead atoms. The molecule has 3 aromatic carbocycles. The Bertz CT molecular complexity index is 1500. The number of nitrogens with two attached hydrogens (primary N) is 2. The number of phosphoric ester groups is 1. The van der Waals surface area contributed by atoms with E-state index in [1.165, 1.54) is 83.5 Å². The summed E-state index contributed by atoms with van der Waals surface area (Å²) < 4.78 is 33.2. The van der Waals surface area contributed by atoms with Gasteiger partial charge in [0.05, 0.1) is 12.7 Å². The number of benzene rings is 3. The lowest BCUT2D eigenvalue weighted by molar-refractivity contribution is 0.0224. The molecule has 44 heavy (non-hydrogen) atoms. The quantitative estimate of drug-likeness (QED) is 0.192. The Balaban J connectivity index is 0.000000225. The first-order valence-corrected chi connectivity index (χ1v) is 16.7. The van der Waals surface area contributed by atoms with E-state index in [1.54, 1.807) is 36.4 Å². The number of fused-ring (bicyclic) bond motifs is 6. The molecule has 1 unspecified atom stereocenters. The molecule has 2 saturated carbocycles. The number of methoxy groups -OCH3 is 1. The largest absolute Gasteiger partial charge is 0.524 e. The van der Waals surface area contributed by atoms with Crippen LogP contribution in [0.1, 0.15) is 91.3 Å². The van der Waals surface area contributed by atoms with Gasteiger partial charge in [-0.2, -0.15) is 0 Å². The zero-order chi connectivity index (χ0) is 31.3. The lowest BCUT2D eigenvalue weighted by atomic mass is 9.77. The molecule has 2 heterocycles. The fraction of sp³-hybridized carbons (Fsp3) is 0.424. The van der Waals surface area contributed by atoms with E-state index in [0.717, 1.165) is 0 Å². The van der Waals surface area contributed by atoms with Crippen molar-refractivity contribution in [1.29, 1.82) is 0 Å². The van der Waals surface area contributed by atoms with Crippen molar-refractivity contribution in [2.45, 2.75) is 81.9 Å². The first-order valence-electron chi connectivity index (χ1n) is 15.2. The molecule has 0 amide bonds. The minimum absolute atomic E-state index is 0.0822. The number of esters is 1. The van der Waals surface area contributed by atoms with E-state index in [-0.39, 0.29) is 11.5 Å². The van der Waals surface area contributed by atoms with Gasteiger partial charge in [-0.25, -0.2) is 9.36 Å².